The molecule has 0 atom stereocenters. The van der Waals surface area contributed by atoms with Gasteiger partial charge in [0, 0.05) is 34.8 Å². The van der Waals surface area contributed by atoms with Gasteiger partial charge >= 0.3 is 0 Å². The number of fused-ring (bicyclic) bond motifs is 1. The Morgan fingerprint density at radius 2 is 2.11 bits per heavy atom. The van der Waals surface area contributed by atoms with Gasteiger partial charge in [0.1, 0.15) is 23.6 Å². The van der Waals surface area contributed by atoms with Crippen molar-refractivity contribution >= 4 is 39.7 Å². The van der Waals surface area contributed by atoms with Gasteiger partial charge in [0.15, 0.2) is 0 Å². The van der Waals surface area contributed by atoms with Gasteiger partial charge in [-0.3, -0.25) is 4.79 Å². The molecule has 142 valence electrons. The van der Waals surface area contributed by atoms with Crippen LogP contribution in [0, 0.1) is 0 Å². The van der Waals surface area contributed by atoms with Crippen molar-refractivity contribution in [2.24, 2.45) is 0 Å². The van der Waals surface area contributed by atoms with Crippen molar-refractivity contribution in [3.63, 3.8) is 0 Å². The predicted octanol–water partition coefficient (Wildman–Crippen LogP) is 4.86. The molecule has 3 heterocycles. The number of hydrogen-bond donors (Lipinski definition) is 3. The third-order valence-corrected chi connectivity index (χ3v) is 5.43. The van der Waals surface area contributed by atoms with Gasteiger partial charge in [-0.2, -0.15) is 0 Å². The molecule has 8 heteroatoms. The van der Waals surface area contributed by atoms with Gasteiger partial charge in [-0.25, -0.2) is 14.4 Å². The molecule has 0 bridgehead atoms. The van der Waals surface area contributed by atoms with Crippen LogP contribution in [0.4, 0.5) is 15.9 Å². The van der Waals surface area contributed by atoms with E-state index in [1.807, 2.05) is 6.07 Å². The van der Waals surface area contributed by atoms with E-state index >= 15 is 0 Å². The summed E-state index contributed by atoms with van der Waals surface area (Å²) >= 11 is 6.11. The summed E-state index contributed by atoms with van der Waals surface area (Å²) in [7, 11) is 0. The van der Waals surface area contributed by atoms with Crippen LogP contribution in [0.25, 0.3) is 16.6 Å². The van der Waals surface area contributed by atoms with Crippen LogP contribution in [0.15, 0.2) is 46.4 Å². The highest BCUT2D eigenvalue weighted by Gasteiger charge is 2.29. The quantitative estimate of drug-likeness (QED) is 0.586. The van der Waals surface area contributed by atoms with Crippen molar-refractivity contribution < 1.29 is 4.39 Å². The molecule has 2 aliphatic rings. The van der Waals surface area contributed by atoms with E-state index in [9.17, 15) is 9.18 Å². The molecule has 5 rings (SSSR count). The largest absolute Gasteiger partial charge is 0.346 e. The molecule has 0 amide bonds. The lowest BCUT2D eigenvalue weighted by atomic mass is 9.98. The lowest BCUT2D eigenvalue weighted by Crippen LogP contribution is -2.16. The minimum absolute atomic E-state index is 0.202. The number of rotatable bonds is 4. The number of aromatic nitrogens is 4. The predicted molar refractivity (Wildman–Crippen MR) is 107 cm³/mol. The third-order valence-electron chi connectivity index (χ3n) is 5.13. The first-order valence-electron chi connectivity index (χ1n) is 9.17. The third kappa shape index (κ3) is 3.01. The number of halogens is 2. The maximum Gasteiger partial charge on any atom is 0.256 e. The van der Waals surface area contributed by atoms with E-state index in [0.29, 0.717) is 28.6 Å². The Morgan fingerprint density at radius 1 is 1.25 bits per heavy atom. The molecule has 0 radical (unpaired) electrons. The van der Waals surface area contributed by atoms with Crippen molar-refractivity contribution in [1.29, 1.82) is 0 Å². The van der Waals surface area contributed by atoms with E-state index in [1.165, 1.54) is 6.33 Å². The Labute approximate surface area is 164 Å². The molecular formula is C20H17ClFN5O. The van der Waals surface area contributed by atoms with E-state index in [2.05, 4.69) is 25.3 Å². The maximum absolute atomic E-state index is 14.5. The van der Waals surface area contributed by atoms with Gasteiger partial charge in [-0.05, 0) is 37.5 Å². The Hall–Kier alpha value is -2.93. The second-order valence-electron chi connectivity index (χ2n) is 7.11. The topological polar surface area (TPSA) is 86.5 Å². The van der Waals surface area contributed by atoms with E-state index in [0.717, 1.165) is 23.9 Å². The molecule has 2 aliphatic carbocycles. The molecule has 0 spiro atoms. The summed E-state index contributed by atoms with van der Waals surface area (Å²) in [6.07, 6.45) is 7.47. The monoisotopic (exact) mass is 397 g/mol. The summed E-state index contributed by atoms with van der Waals surface area (Å²) in [6.45, 7) is 0. The van der Waals surface area contributed by atoms with Crippen molar-refractivity contribution in [2.45, 2.75) is 31.6 Å². The Balaban J connectivity index is 1.64. The van der Waals surface area contributed by atoms with Crippen LogP contribution in [0.3, 0.4) is 0 Å². The van der Waals surface area contributed by atoms with Gasteiger partial charge in [0.05, 0.1) is 16.6 Å². The number of allylic oxidation sites excluding steroid dienone is 4. The Morgan fingerprint density at radius 3 is 2.93 bits per heavy atom. The second-order valence-corrected chi connectivity index (χ2v) is 7.60. The molecule has 6 nitrogen and oxygen atoms in total. The van der Waals surface area contributed by atoms with Crippen LogP contribution in [0.5, 0.6) is 0 Å². The molecule has 0 saturated heterocycles. The molecule has 0 aliphatic heterocycles. The van der Waals surface area contributed by atoms with E-state index < -0.39 is 0 Å². The summed E-state index contributed by atoms with van der Waals surface area (Å²) in [5.41, 5.74) is 2.45. The molecule has 3 N–H and O–H groups in total. The van der Waals surface area contributed by atoms with Gasteiger partial charge in [-0.1, -0.05) is 11.6 Å². The lowest BCUT2D eigenvalue weighted by molar-refractivity contribution is 0.590. The zero-order valence-electron chi connectivity index (χ0n) is 14.9. The zero-order valence-corrected chi connectivity index (χ0v) is 15.6. The summed E-state index contributed by atoms with van der Waals surface area (Å²) in [6, 6.07) is 3.58. The number of hydrogen-bond acceptors (Lipinski definition) is 4. The fraction of sp³-hybridized carbons (Fsp3) is 0.250. The second kappa shape index (κ2) is 6.60. The number of pyridine rings is 1. The number of aromatic amines is 2. The van der Waals surface area contributed by atoms with Gasteiger partial charge < -0.3 is 15.3 Å². The molecule has 1 saturated carbocycles. The highest BCUT2D eigenvalue weighted by molar-refractivity contribution is 6.30. The maximum atomic E-state index is 14.5. The van der Waals surface area contributed by atoms with Crippen molar-refractivity contribution in [3.05, 3.63) is 63.2 Å². The first-order valence-corrected chi connectivity index (χ1v) is 9.55. The fourth-order valence-corrected chi connectivity index (χ4v) is 3.74. The minimum Gasteiger partial charge on any atom is -0.346 e. The van der Waals surface area contributed by atoms with Crippen molar-refractivity contribution in [3.8, 4) is 0 Å². The number of nitrogens with one attached hydrogen (secondary N) is 3. The van der Waals surface area contributed by atoms with Gasteiger partial charge in [0.25, 0.3) is 5.56 Å². The number of anilines is 2. The Kier molecular flexibility index (Phi) is 4.05. The SMILES string of the molecule is O=c1[nH]c(C2CC2)c(Nc2ncnc3[nH]ccc23)cc1C1=C(F)CCC(Cl)=C1. The van der Waals surface area contributed by atoms with Crippen molar-refractivity contribution in [1.82, 2.24) is 19.9 Å². The molecule has 1 fully saturated rings. The molecule has 0 unspecified atom stereocenters. The fourth-order valence-electron chi connectivity index (χ4n) is 3.54. The van der Waals surface area contributed by atoms with E-state index in [1.54, 1.807) is 18.3 Å². The van der Waals surface area contributed by atoms with Crippen LogP contribution in [0.1, 0.15) is 42.9 Å². The molecule has 3 aromatic heterocycles. The van der Waals surface area contributed by atoms with Crippen LogP contribution >= 0.6 is 11.6 Å². The summed E-state index contributed by atoms with van der Waals surface area (Å²) in [5, 5.41) is 4.69. The average Bonchev–Trinajstić information content (AvgIpc) is 3.41. The number of nitrogens with zero attached hydrogens (tertiary/aromatic N) is 2. The first-order chi connectivity index (χ1) is 13.6. The van der Waals surface area contributed by atoms with Gasteiger partial charge in [0.2, 0.25) is 0 Å². The molecule has 3 aromatic rings. The standard InChI is InChI=1S/C20H17ClFN5O/c21-11-3-4-15(22)13(7-11)14-8-16(17(10-1-2-10)27-20(14)28)26-19-12-5-6-23-18(12)24-9-25-19/h5-10H,1-4H2,(H,27,28)(H2,23,24,25,26). The molecule has 0 aromatic carbocycles. The van der Waals surface area contributed by atoms with Gasteiger partial charge in [-0.15, -0.1) is 0 Å². The smallest absolute Gasteiger partial charge is 0.256 e. The minimum atomic E-state index is -0.324. The van der Waals surface area contributed by atoms with Crippen molar-refractivity contribution in [2.75, 3.05) is 5.32 Å². The summed E-state index contributed by atoms with van der Waals surface area (Å²) in [5.74, 6) is 0.588. The average molecular weight is 398 g/mol. The van der Waals surface area contributed by atoms with E-state index in [-0.39, 0.29) is 34.9 Å². The van der Waals surface area contributed by atoms with Crippen LogP contribution in [0.2, 0.25) is 0 Å². The first kappa shape index (κ1) is 17.2. The van der Waals surface area contributed by atoms with Crippen LogP contribution < -0.4 is 10.9 Å². The van der Waals surface area contributed by atoms with Crippen LogP contribution in [-0.4, -0.2) is 19.9 Å². The number of H-pyrrole nitrogens is 2. The highest BCUT2D eigenvalue weighted by Crippen LogP contribution is 2.43. The summed E-state index contributed by atoms with van der Waals surface area (Å²) < 4.78 is 14.5. The highest BCUT2D eigenvalue weighted by atomic mass is 35.5. The van der Waals surface area contributed by atoms with Crippen LogP contribution in [-0.2, 0) is 0 Å². The molecular weight excluding hydrogens is 381 g/mol. The Bertz CT molecular complexity index is 1200. The summed E-state index contributed by atoms with van der Waals surface area (Å²) in [4.78, 5) is 27.2. The lowest BCUT2D eigenvalue weighted by Gasteiger charge is -2.16. The normalized spacial score (nSPS) is 17.1. The zero-order chi connectivity index (χ0) is 19.3. The van der Waals surface area contributed by atoms with E-state index in [4.69, 9.17) is 11.6 Å². The molecule has 28 heavy (non-hydrogen) atoms.